The molecule has 4 nitrogen and oxygen atoms in total. The number of benzene rings is 3. The van der Waals surface area contributed by atoms with E-state index < -0.39 is 6.10 Å². The number of halogens is 1. The molecule has 33 heavy (non-hydrogen) atoms. The van der Waals surface area contributed by atoms with Crippen molar-refractivity contribution in [3.05, 3.63) is 107 Å². The van der Waals surface area contributed by atoms with Crippen LogP contribution in [0.4, 0.5) is 4.39 Å². The molecule has 5 heteroatoms. The molecule has 0 bridgehead atoms. The van der Waals surface area contributed by atoms with Crippen LogP contribution in [-0.4, -0.2) is 31.9 Å². The van der Waals surface area contributed by atoms with Crippen molar-refractivity contribution in [1.29, 1.82) is 0 Å². The summed E-state index contributed by atoms with van der Waals surface area (Å²) >= 11 is 0. The van der Waals surface area contributed by atoms with Crippen LogP contribution in [-0.2, 0) is 20.7 Å². The lowest BCUT2D eigenvalue weighted by atomic mass is 9.98. The molecule has 0 aliphatic rings. The van der Waals surface area contributed by atoms with E-state index in [-0.39, 0.29) is 11.8 Å². The van der Waals surface area contributed by atoms with Crippen LogP contribution in [0.3, 0.4) is 0 Å². The normalized spacial score (nSPS) is 12.3. The van der Waals surface area contributed by atoms with Gasteiger partial charge in [0, 0.05) is 13.0 Å². The molecular formula is C28H29FO4. The molecule has 0 aliphatic carbocycles. The zero-order valence-electron chi connectivity index (χ0n) is 19.0. The molecule has 0 fully saturated rings. The first kappa shape index (κ1) is 24.2. The minimum absolute atomic E-state index is 0.267. The van der Waals surface area contributed by atoms with E-state index in [1.54, 1.807) is 19.1 Å². The summed E-state index contributed by atoms with van der Waals surface area (Å²) in [6, 6.07) is 24.0. The number of hydrogen-bond acceptors (Lipinski definition) is 4. The van der Waals surface area contributed by atoms with Gasteiger partial charge < -0.3 is 14.2 Å². The van der Waals surface area contributed by atoms with E-state index in [2.05, 4.69) is 0 Å². The Morgan fingerprint density at radius 2 is 1.55 bits per heavy atom. The molecule has 3 aromatic rings. The van der Waals surface area contributed by atoms with Crippen LogP contribution in [0.1, 0.15) is 30.5 Å². The van der Waals surface area contributed by atoms with E-state index in [4.69, 9.17) is 14.2 Å². The average molecular weight is 449 g/mol. The van der Waals surface area contributed by atoms with E-state index in [9.17, 15) is 9.18 Å². The number of ether oxygens (including phenoxy) is 3. The molecule has 0 spiro atoms. The molecule has 0 amide bonds. The van der Waals surface area contributed by atoms with Crippen molar-refractivity contribution >= 4 is 11.5 Å². The zero-order chi connectivity index (χ0) is 23.5. The van der Waals surface area contributed by atoms with E-state index in [0.717, 1.165) is 22.3 Å². The van der Waals surface area contributed by atoms with Crippen molar-refractivity contribution in [2.75, 3.05) is 19.8 Å². The van der Waals surface area contributed by atoms with Gasteiger partial charge in [-0.2, -0.15) is 0 Å². The summed E-state index contributed by atoms with van der Waals surface area (Å²) in [5, 5.41) is 0. The summed E-state index contributed by atoms with van der Waals surface area (Å²) in [6.45, 7) is 4.75. The molecule has 0 heterocycles. The molecule has 1 atom stereocenters. The maximum Gasteiger partial charge on any atom is 0.335 e. The van der Waals surface area contributed by atoms with Crippen LogP contribution in [0.25, 0.3) is 5.57 Å². The summed E-state index contributed by atoms with van der Waals surface area (Å²) in [7, 11) is 0. The maximum absolute atomic E-state index is 13.4. The van der Waals surface area contributed by atoms with Crippen LogP contribution < -0.4 is 4.74 Å². The van der Waals surface area contributed by atoms with Crippen molar-refractivity contribution in [3.8, 4) is 5.75 Å². The van der Waals surface area contributed by atoms with Gasteiger partial charge in [0.05, 0.1) is 6.61 Å². The van der Waals surface area contributed by atoms with Crippen LogP contribution >= 0.6 is 0 Å². The van der Waals surface area contributed by atoms with Gasteiger partial charge in [0.25, 0.3) is 0 Å². The highest BCUT2D eigenvalue weighted by molar-refractivity contribution is 5.79. The van der Waals surface area contributed by atoms with Crippen molar-refractivity contribution in [2.45, 2.75) is 26.4 Å². The van der Waals surface area contributed by atoms with Gasteiger partial charge in [0.2, 0.25) is 0 Å². The fourth-order valence-electron chi connectivity index (χ4n) is 3.45. The summed E-state index contributed by atoms with van der Waals surface area (Å²) in [5.41, 5.74) is 3.88. The largest absolute Gasteiger partial charge is 0.490 e. The minimum atomic E-state index is -0.617. The first-order valence-electron chi connectivity index (χ1n) is 11.1. The van der Waals surface area contributed by atoms with Gasteiger partial charge in [-0.05, 0) is 66.5 Å². The van der Waals surface area contributed by atoms with Gasteiger partial charge in [0.1, 0.15) is 18.2 Å². The number of rotatable bonds is 11. The highest BCUT2D eigenvalue weighted by Crippen LogP contribution is 2.24. The Morgan fingerprint density at radius 1 is 0.879 bits per heavy atom. The van der Waals surface area contributed by atoms with Crippen LogP contribution in [0.15, 0.2) is 84.9 Å². The lowest BCUT2D eigenvalue weighted by Gasteiger charge is -2.15. The Labute approximate surface area is 194 Å². The van der Waals surface area contributed by atoms with Crippen molar-refractivity contribution in [1.82, 2.24) is 0 Å². The third kappa shape index (κ3) is 7.29. The van der Waals surface area contributed by atoms with Crippen LogP contribution in [0.2, 0.25) is 0 Å². The lowest BCUT2D eigenvalue weighted by molar-refractivity contribution is -0.156. The number of carbonyl (C=O) groups is 1. The smallest absolute Gasteiger partial charge is 0.335 e. The molecule has 0 radical (unpaired) electrons. The van der Waals surface area contributed by atoms with E-state index >= 15 is 0 Å². The van der Waals surface area contributed by atoms with Gasteiger partial charge in [-0.1, -0.05) is 54.6 Å². The highest BCUT2D eigenvalue weighted by atomic mass is 19.1. The molecule has 3 aromatic carbocycles. The number of hydrogen-bond donors (Lipinski definition) is 0. The van der Waals surface area contributed by atoms with Crippen molar-refractivity contribution in [2.24, 2.45) is 0 Å². The summed E-state index contributed by atoms with van der Waals surface area (Å²) in [5.74, 6) is 0.0988. The Balaban J connectivity index is 1.67. The Morgan fingerprint density at radius 3 is 2.18 bits per heavy atom. The molecule has 0 aromatic heterocycles. The highest BCUT2D eigenvalue weighted by Gasteiger charge is 2.20. The molecule has 0 aliphatic heterocycles. The van der Waals surface area contributed by atoms with E-state index in [1.165, 1.54) is 12.1 Å². The van der Waals surface area contributed by atoms with Gasteiger partial charge in [0.15, 0.2) is 6.10 Å². The second-order valence-corrected chi connectivity index (χ2v) is 7.35. The van der Waals surface area contributed by atoms with Gasteiger partial charge in [-0.3, -0.25) is 0 Å². The Bertz CT molecular complexity index is 1030. The summed E-state index contributed by atoms with van der Waals surface area (Å²) in [6.07, 6.45) is 1.81. The van der Waals surface area contributed by atoms with Gasteiger partial charge >= 0.3 is 5.97 Å². The fourth-order valence-corrected chi connectivity index (χ4v) is 3.45. The predicted molar refractivity (Wildman–Crippen MR) is 128 cm³/mol. The Kier molecular flexibility index (Phi) is 9.21. The van der Waals surface area contributed by atoms with Gasteiger partial charge in [-0.25, -0.2) is 9.18 Å². The molecular weight excluding hydrogens is 419 g/mol. The van der Waals surface area contributed by atoms with Crippen LogP contribution in [0.5, 0.6) is 5.75 Å². The van der Waals surface area contributed by atoms with E-state index in [0.29, 0.717) is 32.0 Å². The average Bonchev–Trinajstić information content (AvgIpc) is 2.84. The first-order valence-corrected chi connectivity index (χ1v) is 11.1. The van der Waals surface area contributed by atoms with Crippen molar-refractivity contribution in [3.63, 3.8) is 0 Å². The molecule has 0 saturated carbocycles. The number of carbonyl (C=O) groups excluding carboxylic acids is 1. The monoisotopic (exact) mass is 448 g/mol. The summed E-state index contributed by atoms with van der Waals surface area (Å²) in [4.78, 5) is 12.1. The molecule has 3 rings (SSSR count). The second kappa shape index (κ2) is 12.6. The molecule has 0 saturated heterocycles. The minimum Gasteiger partial charge on any atom is -0.490 e. The van der Waals surface area contributed by atoms with Crippen molar-refractivity contribution < 1.29 is 23.4 Å². The topological polar surface area (TPSA) is 44.8 Å². The maximum atomic E-state index is 13.4. The lowest BCUT2D eigenvalue weighted by Crippen LogP contribution is -2.28. The fraction of sp³-hybridized carbons (Fsp3) is 0.250. The van der Waals surface area contributed by atoms with Crippen LogP contribution in [0, 0.1) is 5.82 Å². The molecule has 0 unspecified atom stereocenters. The SMILES string of the molecule is CCOC(=O)[C@H](Cc1ccc(OC/C=C(\c2ccccc2)c2ccc(F)cc2)cc1)OCC. The third-order valence-corrected chi connectivity index (χ3v) is 5.04. The molecule has 172 valence electrons. The standard InChI is InChI=1S/C28H29FO4/c1-3-31-27(28(30)32-4-2)20-21-10-16-25(17-11-21)33-19-18-26(22-8-6-5-7-9-22)23-12-14-24(29)15-13-23/h5-18,27H,3-4,19-20H2,1-2H3/b26-18+/t27-/m0/s1. The predicted octanol–water partition coefficient (Wildman–Crippen LogP) is 5.85. The molecule has 0 N–H and O–H groups in total. The first-order chi connectivity index (χ1) is 16.1. The third-order valence-electron chi connectivity index (χ3n) is 5.04. The number of esters is 1. The van der Waals surface area contributed by atoms with E-state index in [1.807, 2.05) is 67.6 Å². The Hall–Kier alpha value is -3.44. The quantitative estimate of drug-likeness (QED) is 0.345. The van der Waals surface area contributed by atoms with Gasteiger partial charge in [-0.15, -0.1) is 0 Å². The summed E-state index contributed by atoms with van der Waals surface area (Å²) < 4.78 is 29.9. The second-order valence-electron chi connectivity index (χ2n) is 7.35. The zero-order valence-corrected chi connectivity index (χ0v) is 19.0.